The largest absolute Gasteiger partial charge is 0.494 e. The Morgan fingerprint density at radius 2 is 1.92 bits per heavy atom. The normalized spacial score (nSPS) is 11.7. The van der Waals surface area contributed by atoms with Crippen LogP contribution in [0, 0.1) is 19.7 Å². The third-order valence-corrected chi connectivity index (χ3v) is 3.90. The molecular formula is C19H22FNO3. The van der Waals surface area contributed by atoms with Crippen LogP contribution in [-0.2, 0) is 4.79 Å². The maximum atomic E-state index is 13.7. The van der Waals surface area contributed by atoms with E-state index < -0.39 is 5.82 Å². The summed E-state index contributed by atoms with van der Waals surface area (Å²) in [6.45, 7) is 5.70. The molecule has 0 fully saturated rings. The Kier molecular flexibility index (Phi) is 5.79. The van der Waals surface area contributed by atoms with Gasteiger partial charge in [0.1, 0.15) is 5.75 Å². The number of hydrogen-bond donors (Lipinski definition) is 1. The van der Waals surface area contributed by atoms with Crippen LogP contribution in [0.25, 0.3) is 0 Å². The molecule has 5 heteroatoms. The molecular weight excluding hydrogens is 309 g/mol. The zero-order valence-electron chi connectivity index (χ0n) is 14.4. The quantitative estimate of drug-likeness (QED) is 0.878. The molecule has 0 aliphatic rings. The fourth-order valence-electron chi connectivity index (χ4n) is 2.27. The van der Waals surface area contributed by atoms with E-state index in [9.17, 15) is 9.18 Å². The average Bonchev–Trinajstić information content (AvgIpc) is 2.55. The minimum Gasteiger partial charge on any atom is -0.494 e. The molecule has 128 valence electrons. The molecule has 2 aromatic carbocycles. The van der Waals surface area contributed by atoms with Gasteiger partial charge >= 0.3 is 0 Å². The summed E-state index contributed by atoms with van der Waals surface area (Å²) < 4.78 is 24.1. The van der Waals surface area contributed by atoms with Crippen LogP contribution in [0.4, 0.5) is 4.39 Å². The van der Waals surface area contributed by atoms with Crippen LogP contribution in [-0.4, -0.2) is 19.6 Å². The van der Waals surface area contributed by atoms with Gasteiger partial charge in [0.15, 0.2) is 18.2 Å². The van der Waals surface area contributed by atoms with Crippen molar-refractivity contribution < 1.29 is 18.7 Å². The highest BCUT2D eigenvalue weighted by molar-refractivity contribution is 5.78. The van der Waals surface area contributed by atoms with Crippen molar-refractivity contribution in [2.24, 2.45) is 0 Å². The van der Waals surface area contributed by atoms with E-state index in [1.807, 2.05) is 32.0 Å². The van der Waals surface area contributed by atoms with E-state index in [2.05, 4.69) is 5.32 Å². The average molecular weight is 331 g/mol. The maximum Gasteiger partial charge on any atom is 0.258 e. The van der Waals surface area contributed by atoms with Crippen LogP contribution < -0.4 is 14.8 Å². The van der Waals surface area contributed by atoms with Gasteiger partial charge in [-0.15, -0.1) is 0 Å². The second-order valence-electron chi connectivity index (χ2n) is 5.72. The summed E-state index contributed by atoms with van der Waals surface area (Å²) in [5.74, 6) is 0.103. The number of rotatable bonds is 6. The first-order valence-electron chi connectivity index (χ1n) is 7.73. The Morgan fingerprint density at radius 3 is 2.54 bits per heavy atom. The first-order valence-corrected chi connectivity index (χ1v) is 7.73. The Labute approximate surface area is 141 Å². The molecule has 0 spiro atoms. The summed E-state index contributed by atoms with van der Waals surface area (Å²) in [6.07, 6.45) is 0. The van der Waals surface area contributed by atoms with Crippen molar-refractivity contribution in [3.63, 3.8) is 0 Å². The summed E-state index contributed by atoms with van der Waals surface area (Å²) in [4.78, 5) is 12.0. The van der Waals surface area contributed by atoms with Crippen molar-refractivity contribution in [3.8, 4) is 11.5 Å². The van der Waals surface area contributed by atoms with E-state index in [1.165, 1.54) is 18.7 Å². The fourth-order valence-corrected chi connectivity index (χ4v) is 2.27. The molecule has 0 radical (unpaired) electrons. The first kappa shape index (κ1) is 17.8. The minimum atomic E-state index is -0.456. The van der Waals surface area contributed by atoms with Gasteiger partial charge in [0.05, 0.1) is 13.2 Å². The zero-order chi connectivity index (χ0) is 17.7. The first-order chi connectivity index (χ1) is 11.4. The topological polar surface area (TPSA) is 47.6 Å². The lowest BCUT2D eigenvalue weighted by Crippen LogP contribution is -2.31. The predicted molar refractivity (Wildman–Crippen MR) is 90.9 cm³/mol. The molecule has 0 bridgehead atoms. The van der Waals surface area contributed by atoms with Crippen LogP contribution in [0.15, 0.2) is 36.4 Å². The number of amides is 1. The van der Waals surface area contributed by atoms with Crippen LogP contribution in [0.5, 0.6) is 11.5 Å². The van der Waals surface area contributed by atoms with Crippen LogP contribution in [0.2, 0.25) is 0 Å². The van der Waals surface area contributed by atoms with Gasteiger partial charge in [-0.05, 0) is 61.7 Å². The molecule has 4 nitrogen and oxygen atoms in total. The van der Waals surface area contributed by atoms with Gasteiger partial charge in [-0.1, -0.05) is 12.1 Å². The summed E-state index contributed by atoms with van der Waals surface area (Å²) >= 11 is 0. The van der Waals surface area contributed by atoms with Gasteiger partial charge < -0.3 is 14.8 Å². The smallest absolute Gasteiger partial charge is 0.258 e. The molecule has 1 amide bonds. The number of carbonyl (C=O) groups excluding carboxylic acids is 1. The SMILES string of the molecule is COc1ccc(C(C)NC(=O)COc2ccc(C)c(C)c2)cc1F. The summed E-state index contributed by atoms with van der Waals surface area (Å²) in [6, 6.07) is 9.96. The molecule has 24 heavy (non-hydrogen) atoms. The lowest BCUT2D eigenvalue weighted by molar-refractivity contribution is -0.123. The number of methoxy groups -OCH3 is 1. The molecule has 2 aromatic rings. The van der Waals surface area contributed by atoms with Crippen LogP contribution >= 0.6 is 0 Å². The Balaban J connectivity index is 1.91. The molecule has 1 N–H and O–H groups in total. The third kappa shape index (κ3) is 4.47. The van der Waals surface area contributed by atoms with Gasteiger partial charge in [0, 0.05) is 0 Å². The van der Waals surface area contributed by atoms with Crippen molar-refractivity contribution in [2.45, 2.75) is 26.8 Å². The summed E-state index contributed by atoms with van der Waals surface area (Å²) in [7, 11) is 1.41. The van der Waals surface area contributed by atoms with Crippen molar-refractivity contribution >= 4 is 5.91 Å². The number of ether oxygens (including phenoxy) is 2. The third-order valence-electron chi connectivity index (χ3n) is 3.90. The van der Waals surface area contributed by atoms with Crippen molar-refractivity contribution in [3.05, 3.63) is 58.9 Å². The van der Waals surface area contributed by atoms with Crippen molar-refractivity contribution in [1.82, 2.24) is 5.32 Å². The Hall–Kier alpha value is -2.56. The molecule has 0 saturated carbocycles. The maximum absolute atomic E-state index is 13.7. The molecule has 1 unspecified atom stereocenters. The fraction of sp³-hybridized carbons (Fsp3) is 0.316. The highest BCUT2D eigenvalue weighted by atomic mass is 19.1. The van der Waals surface area contributed by atoms with E-state index in [1.54, 1.807) is 19.1 Å². The number of halogens is 1. The number of hydrogen-bond acceptors (Lipinski definition) is 3. The van der Waals surface area contributed by atoms with Gasteiger partial charge in [-0.3, -0.25) is 4.79 Å². The zero-order valence-corrected chi connectivity index (χ0v) is 14.4. The molecule has 2 rings (SSSR count). The Morgan fingerprint density at radius 1 is 1.17 bits per heavy atom. The molecule has 0 aliphatic heterocycles. The van der Waals surface area contributed by atoms with Gasteiger partial charge in [0.2, 0.25) is 0 Å². The number of aryl methyl sites for hydroxylation is 2. The van der Waals surface area contributed by atoms with E-state index in [4.69, 9.17) is 9.47 Å². The standard InChI is InChI=1S/C19H22FNO3/c1-12-5-7-16(9-13(12)2)24-11-19(22)21-14(3)15-6-8-18(23-4)17(20)10-15/h5-10,14H,11H2,1-4H3,(H,21,22). The summed E-state index contributed by atoms with van der Waals surface area (Å²) in [5, 5.41) is 2.79. The van der Waals surface area contributed by atoms with Crippen LogP contribution in [0.1, 0.15) is 29.7 Å². The van der Waals surface area contributed by atoms with Gasteiger partial charge in [0.25, 0.3) is 5.91 Å². The number of carbonyl (C=O) groups is 1. The van der Waals surface area contributed by atoms with E-state index >= 15 is 0 Å². The number of benzene rings is 2. The molecule has 1 atom stereocenters. The van der Waals surface area contributed by atoms with Gasteiger partial charge in [-0.25, -0.2) is 4.39 Å². The second-order valence-corrected chi connectivity index (χ2v) is 5.72. The van der Waals surface area contributed by atoms with E-state index in [0.29, 0.717) is 11.3 Å². The van der Waals surface area contributed by atoms with E-state index in [0.717, 1.165) is 5.56 Å². The highest BCUT2D eigenvalue weighted by Gasteiger charge is 2.13. The molecule has 0 aromatic heterocycles. The molecule has 0 aliphatic carbocycles. The van der Waals surface area contributed by atoms with Crippen LogP contribution in [0.3, 0.4) is 0 Å². The minimum absolute atomic E-state index is 0.0918. The monoisotopic (exact) mass is 331 g/mol. The predicted octanol–water partition coefficient (Wildman–Crippen LogP) is 3.71. The highest BCUT2D eigenvalue weighted by Crippen LogP contribution is 2.21. The van der Waals surface area contributed by atoms with E-state index in [-0.39, 0.29) is 24.3 Å². The summed E-state index contributed by atoms with van der Waals surface area (Å²) in [5.41, 5.74) is 2.93. The van der Waals surface area contributed by atoms with Crippen molar-refractivity contribution in [1.29, 1.82) is 0 Å². The molecule has 0 saturated heterocycles. The van der Waals surface area contributed by atoms with Crippen molar-refractivity contribution in [2.75, 3.05) is 13.7 Å². The lowest BCUT2D eigenvalue weighted by atomic mass is 10.1. The lowest BCUT2D eigenvalue weighted by Gasteiger charge is -2.16. The second kappa shape index (κ2) is 7.81. The Bertz CT molecular complexity index is 731. The van der Waals surface area contributed by atoms with Gasteiger partial charge in [-0.2, -0.15) is 0 Å². The molecule has 0 heterocycles. The number of nitrogens with one attached hydrogen (secondary N) is 1.